The lowest BCUT2D eigenvalue weighted by Gasteiger charge is -2.21. The minimum Gasteiger partial charge on any atom is -0.512 e. The molecule has 3 heteroatoms. The van der Waals surface area contributed by atoms with Gasteiger partial charge in [-0.15, -0.1) is 0 Å². The van der Waals surface area contributed by atoms with E-state index >= 15 is 0 Å². The Balaban J connectivity index is 2.22. The van der Waals surface area contributed by atoms with Gasteiger partial charge in [-0.3, -0.25) is 4.79 Å². The molecule has 1 aromatic rings. The van der Waals surface area contributed by atoms with E-state index in [9.17, 15) is 9.90 Å². The molecule has 1 atom stereocenters. The smallest absolute Gasteiger partial charge is 0.247 e. The van der Waals surface area contributed by atoms with Crippen LogP contribution in [0.5, 0.6) is 0 Å². The van der Waals surface area contributed by atoms with E-state index in [4.69, 9.17) is 0 Å². The summed E-state index contributed by atoms with van der Waals surface area (Å²) < 4.78 is 0. The Hall–Kier alpha value is -1.77. The van der Waals surface area contributed by atoms with Crippen LogP contribution >= 0.6 is 0 Å². The van der Waals surface area contributed by atoms with Crippen molar-refractivity contribution in [2.75, 3.05) is 0 Å². The Morgan fingerprint density at radius 2 is 2.00 bits per heavy atom. The highest BCUT2D eigenvalue weighted by Crippen LogP contribution is 2.22. The maximum absolute atomic E-state index is 11.1. The van der Waals surface area contributed by atoms with Crippen molar-refractivity contribution in [3.63, 3.8) is 0 Å². The quantitative estimate of drug-likeness (QED) is 0.706. The summed E-state index contributed by atoms with van der Waals surface area (Å²) in [4.78, 5) is 11.1. The first kappa shape index (κ1) is 8.81. The van der Waals surface area contributed by atoms with Gasteiger partial charge in [0.25, 0.3) is 0 Å². The predicted octanol–water partition coefficient (Wildman–Crippen LogP) is 1.69. The lowest BCUT2D eigenvalue weighted by molar-refractivity contribution is -0.117. The average molecular weight is 189 g/mol. The number of carbonyl (C=O) groups excluding carboxylic acids is 1. The number of hydrogen-bond donors (Lipinski definition) is 2. The molecule has 0 bridgehead atoms. The largest absolute Gasteiger partial charge is 0.512 e. The molecule has 0 aliphatic carbocycles. The van der Waals surface area contributed by atoms with E-state index in [1.807, 2.05) is 30.3 Å². The van der Waals surface area contributed by atoms with Gasteiger partial charge in [-0.25, -0.2) is 0 Å². The molecule has 1 amide bonds. The number of amides is 1. The number of benzene rings is 1. The number of aliphatic hydroxyl groups excluding tert-OH is 1. The van der Waals surface area contributed by atoms with Gasteiger partial charge < -0.3 is 10.4 Å². The summed E-state index contributed by atoms with van der Waals surface area (Å²) in [6, 6.07) is 9.51. The molecule has 1 aliphatic heterocycles. The first-order valence-electron chi connectivity index (χ1n) is 4.50. The molecule has 0 saturated carbocycles. The molecule has 2 rings (SSSR count). The van der Waals surface area contributed by atoms with Crippen LogP contribution in [0.15, 0.2) is 42.2 Å². The fraction of sp³-hybridized carbons (Fsp3) is 0.182. The van der Waals surface area contributed by atoms with Crippen molar-refractivity contribution in [1.82, 2.24) is 5.32 Å². The zero-order chi connectivity index (χ0) is 9.97. The normalized spacial score (nSPS) is 21.3. The minimum atomic E-state index is -0.234. The van der Waals surface area contributed by atoms with Crippen molar-refractivity contribution in [3.8, 4) is 0 Å². The third kappa shape index (κ3) is 1.76. The molecule has 1 aliphatic rings. The van der Waals surface area contributed by atoms with E-state index in [-0.39, 0.29) is 17.7 Å². The van der Waals surface area contributed by atoms with Crippen molar-refractivity contribution in [3.05, 3.63) is 47.7 Å². The number of carbonyl (C=O) groups is 1. The Morgan fingerprint density at radius 1 is 1.29 bits per heavy atom. The van der Waals surface area contributed by atoms with Crippen molar-refractivity contribution >= 4 is 5.91 Å². The molecule has 72 valence electrons. The topological polar surface area (TPSA) is 49.3 Å². The van der Waals surface area contributed by atoms with Crippen molar-refractivity contribution < 1.29 is 9.90 Å². The van der Waals surface area contributed by atoms with Gasteiger partial charge in [0.15, 0.2) is 0 Å². The minimum absolute atomic E-state index is 0.103. The monoisotopic (exact) mass is 189 g/mol. The summed E-state index contributed by atoms with van der Waals surface area (Å²) in [7, 11) is 0. The van der Waals surface area contributed by atoms with Gasteiger partial charge in [0, 0.05) is 12.5 Å². The molecule has 0 spiro atoms. The number of hydrogen-bond acceptors (Lipinski definition) is 2. The van der Waals surface area contributed by atoms with Crippen LogP contribution in [-0.4, -0.2) is 11.0 Å². The molecule has 1 heterocycles. The van der Waals surface area contributed by atoms with Crippen LogP contribution in [0, 0.1) is 0 Å². The van der Waals surface area contributed by atoms with Gasteiger partial charge in [-0.1, -0.05) is 30.3 Å². The maximum atomic E-state index is 11.1. The molecule has 0 radical (unpaired) electrons. The number of nitrogens with one attached hydrogen (secondary N) is 1. The first-order valence-corrected chi connectivity index (χ1v) is 4.50. The average Bonchev–Trinajstić information content (AvgIpc) is 2.18. The third-order valence-electron chi connectivity index (χ3n) is 2.23. The summed E-state index contributed by atoms with van der Waals surface area (Å²) in [6.45, 7) is 0. The standard InChI is InChI=1S/C11H11NO2/c13-9-6-10(12-11(14)7-9)8-4-2-1-3-5-8/h1-5,7,10,13H,6H2,(H,12,14). The van der Waals surface area contributed by atoms with Crippen LogP contribution in [-0.2, 0) is 4.79 Å². The second-order valence-electron chi connectivity index (χ2n) is 3.31. The van der Waals surface area contributed by atoms with Crippen molar-refractivity contribution in [2.45, 2.75) is 12.5 Å². The van der Waals surface area contributed by atoms with Crippen LogP contribution in [0.25, 0.3) is 0 Å². The molecule has 3 nitrogen and oxygen atoms in total. The van der Waals surface area contributed by atoms with Gasteiger partial charge in [-0.2, -0.15) is 0 Å². The first-order chi connectivity index (χ1) is 6.75. The summed E-state index contributed by atoms with van der Waals surface area (Å²) in [6.07, 6.45) is 1.69. The van der Waals surface area contributed by atoms with Gasteiger partial charge in [0.1, 0.15) is 5.76 Å². The molecular weight excluding hydrogens is 178 g/mol. The second-order valence-corrected chi connectivity index (χ2v) is 3.31. The van der Waals surface area contributed by atoms with Crippen molar-refractivity contribution in [2.24, 2.45) is 0 Å². The van der Waals surface area contributed by atoms with Crippen molar-refractivity contribution in [1.29, 1.82) is 0 Å². The van der Waals surface area contributed by atoms with Crippen LogP contribution in [0.2, 0.25) is 0 Å². The van der Waals surface area contributed by atoms with Gasteiger partial charge >= 0.3 is 0 Å². The molecule has 2 N–H and O–H groups in total. The third-order valence-corrected chi connectivity index (χ3v) is 2.23. The zero-order valence-corrected chi connectivity index (χ0v) is 7.60. The summed E-state index contributed by atoms with van der Waals surface area (Å²) in [5, 5.41) is 12.1. The molecule has 0 saturated heterocycles. The Bertz CT molecular complexity index is 370. The van der Waals surface area contributed by atoms with Crippen LogP contribution in [0.1, 0.15) is 18.0 Å². The molecule has 0 fully saturated rings. The lowest BCUT2D eigenvalue weighted by Crippen LogP contribution is -2.31. The molecule has 1 unspecified atom stereocenters. The van der Waals surface area contributed by atoms with E-state index in [1.54, 1.807) is 0 Å². The highest BCUT2D eigenvalue weighted by molar-refractivity contribution is 5.89. The van der Waals surface area contributed by atoms with E-state index in [1.165, 1.54) is 6.08 Å². The van der Waals surface area contributed by atoms with Crippen LogP contribution in [0.4, 0.5) is 0 Å². The molecule has 14 heavy (non-hydrogen) atoms. The van der Waals surface area contributed by atoms with Gasteiger partial charge in [0.2, 0.25) is 5.91 Å². The Morgan fingerprint density at radius 3 is 2.64 bits per heavy atom. The van der Waals surface area contributed by atoms with Gasteiger partial charge in [0.05, 0.1) is 6.04 Å². The highest BCUT2D eigenvalue weighted by atomic mass is 16.3. The molecular formula is C11H11NO2. The predicted molar refractivity (Wildman–Crippen MR) is 52.7 cm³/mol. The number of aliphatic hydroxyl groups is 1. The van der Waals surface area contributed by atoms with E-state index in [0.717, 1.165) is 5.56 Å². The molecule has 1 aromatic carbocycles. The zero-order valence-electron chi connectivity index (χ0n) is 7.60. The summed E-state index contributed by atoms with van der Waals surface area (Å²) in [5.74, 6) is -0.0924. The summed E-state index contributed by atoms with van der Waals surface area (Å²) in [5.41, 5.74) is 1.01. The SMILES string of the molecule is O=C1C=C(O)CC(c2ccccc2)N1. The van der Waals surface area contributed by atoms with E-state index in [2.05, 4.69) is 5.32 Å². The van der Waals surface area contributed by atoms with Crippen LogP contribution < -0.4 is 5.32 Å². The maximum Gasteiger partial charge on any atom is 0.247 e. The second kappa shape index (κ2) is 3.54. The Kier molecular flexibility index (Phi) is 2.23. The van der Waals surface area contributed by atoms with Gasteiger partial charge in [-0.05, 0) is 5.56 Å². The Labute approximate surface area is 82.1 Å². The highest BCUT2D eigenvalue weighted by Gasteiger charge is 2.19. The van der Waals surface area contributed by atoms with Crippen LogP contribution in [0.3, 0.4) is 0 Å². The molecule has 0 aromatic heterocycles. The van der Waals surface area contributed by atoms with E-state index in [0.29, 0.717) is 6.42 Å². The lowest BCUT2D eigenvalue weighted by atomic mass is 10.0. The fourth-order valence-electron chi connectivity index (χ4n) is 1.57. The number of rotatable bonds is 1. The van der Waals surface area contributed by atoms with E-state index < -0.39 is 0 Å². The summed E-state index contributed by atoms with van der Waals surface area (Å²) >= 11 is 0. The fourth-order valence-corrected chi connectivity index (χ4v) is 1.57.